The minimum atomic E-state index is -0.486. The molecule has 0 aromatic rings. The van der Waals surface area contributed by atoms with Gasteiger partial charge in [-0.15, -0.1) is 0 Å². The van der Waals surface area contributed by atoms with Crippen LogP contribution in [0.3, 0.4) is 0 Å². The van der Waals surface area contributed by atoms with E-state index in [9.17, 15) is 4.79 Å². The normalized spacial score (nSPS) is 25.3. The summed E-state index contributed by atoms with van der Waals surface area (Å²) in [4.78, 5) is 16.0. The van der Waals surface area contributed by atoms with Gasteiger partial charge in [0.15, 0.2) is 0 Å². The van der Waals surface area contributed by atoms with Crippen LogP contribution in [0.4, 0.5) is 0 Å². The zero-order valence-corrected chi connectivity index (χ0v) is 9.77. The van der Waals surface area contributed by atoms with E-state index in [1.807, 2.05) is 4.90 Å². The molecule has 1 amide bonds. The van der Waals surface area contributed by atoms with Crippen LogP contribution in [0.2, 0.25) is 0 Å². The Hall–Kier alpha value is -0.650. The van der Waals surface area contributed by atoms with Crippen molar-refractivity contribution >= 4 is 5.91 Å². The molecular formula is C10H21N3O2. The number of ether oxygens (including phenoxy) is 1. The lowest BCUT2D eigenvalue weighted by atomic mass is 10.2. The van der Waals surface area contributed by atoms with Crippen LogP contribution in [0.25, 0.3) is 0 Å². The molecule has 5 heteroatoms. The molecule has 1 heterocycles. The van der Waals surface area contributed by atoms with Crippen molar-refractivity contribution in [2.45, 2.75) is 19.1 Å². The van der Waals surface area contributed by atoms with Crippen molar-refractivity contribution in [3.63, 3.8) is 0 Å². The van der Waals surface area contributed by atoms with Gasteiger partial charge in [0, 0.05) is 39.3 Å². The molecule has 88 valence electrons. The van der Waals surface area contributed by atoms with Gasteiger partial charge >= 0.3 is 0 Å². The highest BCUT2D eigenvalue weighted by molar-refractivity contribution is 5.81. The third-order valence-corrected chi connectivity index (χ3v) is 3.05. The van der Waals surface area contributed by atoms with Crippen LogP contribution in [-0.2, 0) is 9.53 Å². The number of carbonyl (C=O) groups excluding carboxylic acids is 1. The zero-order chi connectivity index (χ0) is 11.4. The number of hydrogen-bond donors (Lipinski definition) is 1. The molecule has 0 spiro atoms. The molecule has 0 bridgehead atoms. The second-order valence-corrected chi connectivity index (χ2v) is 4.07. The van der Waals surface area contributed by atoms with Gasteiger partial charge in [0.2, 0.25) is 0 Å². The topological polar surface area (TPSA) is 58.8 Å². The van der Waals surface area contributed by atoms with Crippen molar-refractivity contribution in [2.24, 2.45) is 5.73 Å². The van der Waals surface area contributed by atoms with Crippen LogP contribution in [0, 0.1) is 0 Å². The van der Waals surface area contributed by atoms with Gasteiger partial charge in [-0.25, -0.2) is 0 Å². The molecule has 0 aliphatic carbocycles. The molecule has 0 aromatic carbocycles. The lowest BCUT2D eigenvalue weighted by Gasteiger charge is -2.38. The fourth-order valence-corrected chi connectivity index (χ4v) is 1.75. The van der Waals surface area contributed by atoms with Crippen molar-refractivity contribution in [1.29, 1.82) is 0 Å². The Bertz CT molecular complexity index is 219. The minimum Gasteiger partial charge on any atom is -0.370 e. The number of nitrogens with two attached hydrogens (primary N) is 1. The fraction of sp³-hybridized carbons (Fsp3) is 0.900. The summed E-state index contributed by atoms with van der Waals surface area (Å²) in [7, 11) is 3.60. The van der Waals surface area contributed by atoms with E-state index in [2.05, 4.69) is 18.9 Å². The summed E-state index contributed by atoms with van der Waals surface area (Å²) >= 11 is 0. The highest BCUT2D eigenvalue weighted by Crippen LogP contribution is 2.09. The van der Waals surface area contributed by atoms with Crippen LogP contribution in [0.1, 0.15) is 6.92 Å². The van der Waals surface area contributed by atoms with Crippen LogP contribution < -0.4 is 5.73 Å². The quantitative estimate of drug-likeness (QED) is 0.664. The van der Waals surface area contributed by atoms with Crippen LogP contribution in [-0.4, -0.2) is 68.2 Å². The second kappa shape index (κ2) is 5.44. The standard InChI is InChI=1S/C10H21N3O2/c1-8-7-13(5-4-12(8)2)10(14)9(6-11)15-3/h8-9H,4-7,11H2,1-3H3. The molecule has 2 atom stereocenters. The summed E-state index contributed by atoms with van der Waals surface area (Å²) in [5.74, 6) is 0.0138. The van der Waals surface area contributed by atoms with Gasteiger partial charge in [-0.05, 0) is 14.0 Å². The largest absolute Gasteiger partial charge is 0.370 e. The van der Waals surface area contributed by atoms with Crippen LogP contribution in [0.15, 0.2) is 0 Å². The first-order valence-electron chi connectivity index (χ1n) is 5.32. The number of nitrogens with zero attached hydrogens (tertiary/aromatic N) is 2. The Labute approximate surface area is 91.2 Å². The Morgan fingerprint density at radius 3 is 2.73 bits per heavy atom. The van der Waals surface area contributed by atoms with Crippen LogP contribution >= 0.6 is 0 Å². The summed E-state index contributed by atoms with van der Waals surface area (Å²) in [6, 6.07) is 0.401. The van der Waals surface area contributed by atoms with Gasteiger partial charge in [-0.3, -0.25) is 4.79 Å². The summed E-state index contributed by atoms with van der Waals surface area (Å²) < 4.78 is 5.05. The SMILES string of the molecule is COC(CN)C(=O)N1CCN(C)C(C)C1. The molecule has 1 fully saturated rings. The number of piperazine rings is 1. The van der Waals surface area contributed by atoms with Crippen LogP contribution in [0.5, 0.6) is 0 Å². The first kappa shape index (κ1) is 12.4. The Kier molecular flexibility index (Phi) is 4.50. The molecule has 1 aliphatic rings. The molecule has 1 aliphatic heterocycles. The van der Waals surface area contributed by atoms with E-state index in [4.69, 9.17) is 10.5 Å². The van der Waals surface area contributed by atoms with E-state index in [-0.39, 0.29) is 12.5 Å². The molecule has 1 saturated heterocycles. The summed E-state index contributed by atoms with van der Waals surface area (Å²) in [6.07, 6.45) is -0.486. The van der Waals surface area contributed by atoms with E-state index in [0.29, 0.717) is 6.04 Å². The number of carbonyl (C=O) groups is 1. The second-order valence-electron chi connectivity index (χ2n) is 4.07. The van der Waals surface area contributed by atoms with Crippen molar-refractivity contribution in [3.05, 3.63) is 0 Å². The van der Waals surface area contributed by atoms with E-state index >= 15 is 0 Å². The predicted molar refractivity (Wildman–Crippen MR) is 58.5 cm³/mol. The zero-order valence-electron chi connectivity index (χ0n) is 9.77. The molecule has 0 radical (unpaired) electrons. The maximum absolute atomic E-state index is 11.9. The smallest absolute Gasteiger partial charge is 0.253 e. The average Bonchev–Trinajstić information content (AvgIpc) is 2.23. The molecule has 1 rings (SSSR count). The van der Waals surface area contributed by atoms with E-state index in [1.165, 1.54) is 7.11 Å². The number of likely N-dealkylation sites (N-methyl/N-ethyl adjacent to an activating group) is 1. The first-order valence-corrected chi connectivity index (χ1v) is 5.32. The van der Waals surface area contributed by atoms with E-state index in [1.54, 1.807) is 0 Å². The van der Waals surface area contributed by atoms with Crippen molar-refractivity contribution in [1.82, 2.24) is 9.80 Å². The number of hydrogen-bond acceptors (Lipinski definition) is 4. The van der Waals surface area contributed by atoms with Gasteiger partial charge in [0.1, 0.15) is 6.10 Å². The number of amides is 1. The predicted octanol–water partition coefficient (Wildman–Crippen LogP) is -0.877. The lowest BCUT2D eigenvalue weighted by Crippen LogP contribution is -2.55. The van der Waals surface area contributed by atoms with Crippen molar-refractivity contribution in [3.8, 4) is 0 Å². The molecule has 2 unspecified atom stereocenters. The van der Waals surface area contributed by atoms with Gasteiger partial charge in [0.05, 0.1) is 0 Å². The van der Waals surface area contributed by atoms with Gasteiger partial charge < -0.3 is 20.3 Å². The van der Waals surface area contributed by atoms with Crippen molar-refractivity contribution < 1.29 is 9.53 Å². The summed E-state index contributed by atoms with van der Waals surface area (Å²) in [5.41, 5.74) is 5.47. The number of rotatable bonds is 3. The minimum absolute atomic E-state index is 0.0138. The highest BCUT2D eigenvalue weighted by Gasteiger charge is 2.28. The molecular weight excluding hydrogens is 194 g/mol. The Morgan fingerprint density at radius 2 is 2.27 bits per heavy atom. The lowest BCUT2D eigenvalue weighted by molar-refractivity contribution is -0.144. The monoisotopic (exact) mass is 215 g/mol. The Balaban J connectivity index is 2.53. The molecule has 15 heavy (non-hydrogen) atoms. The van der Waals surface area contributed by atoms with Gasteiger partial charge in [0.25, 0.3) is 5.91 Å². The average molecular weight is 215 g/mol. The summed E-state index contributed by atoms with van der Waals surface area (Å²) in [6.45, 7) is 4.79. The molecule has 0 saturated carbocycles. The number of methoxy groups -OCH3 is 1. The fourth-order valence-electron chi connectivity index (χ4n) is 1.75. The van der Waals surface area contributed by atoms with Gasteiger partial charge in [-0.2, -0.15) is 0 Å². The Morgan fingerprint density at radius 1 is 1.60 bits per heavy atom. The highest BCUT2D eigenvalue weighted by atomic mass is 16.5. The maximum atomic E-state index is 11.9. The third kappa shape index (κ3) is 2.90. The third-order valence-electron chi connectivity index (χ3n) is 3.05. The van der Waals surface area contributed by atoms with Gasteiger partial charge in [-0.1, -0.05) is 0 Å². The molecule has 0 aromatic heterocycles. The van der Waals surface area contributed by atoms with Crippen molar-refractivity contribution in [2.75, 3.05) is 40.3 Å². The first-order chi connectivity index (χ1) is 7.10. The maximum Gasteiger partial charge on any atom is 0.253 e. The summed E-state index contributed by atoms with van der Waals surface area (Å²) in [5, 5.41) is 0. The molecule has 5 nitrogen and oxygen atoms in total. The van der Waals surface area contributed by atoms with E-state index < -0.39 is 6.10 Å². The molecule has 2 N–H and O–H groups in total. The van der Waals surface area contributed by atoms with E-state index in [0.717, 1.165) is 19.6 Å².